The summed E-state index contributed by atoms with van der Waals surface area (Å²) >= 11 is 0. The number of sulfone groups is 1. The number of hydrogen-bond donors (Lipinski definition) is 3. The molecule has 0 aliphatic carbocycles. The lowest BCUT2D eigenvalue weighted by molar-refractivity contribution is -0.122. The smallest absolute Gasteiger partial charge is 0.335 e. The highest BCUT2D eigenvalue weighted by Gasteiger charge is 2.27. The fourth-order valence-corrected chi connectivity index (χ4v) is 4.13. The Labute approximate surface area is 173 Å². The van der Waals surface area contributed by atoms with E-state index in [-0.39, 0.29) is 17.7 Å². The van der Waals surface area contributed by atoms with Crippen LogP contribution in [0.1, 0.15) is 26.3 Å². The van der Waals surface area contributed by atoms with E-state index in [0.717, 1.165) is 0 Å². The second kappa shape index (κ2) is 10.2. The predicted octanol–water partition coefficient (Wildman–Crippen LogP) is 0.738. The molecule has 2 aromatic carbocycles. The summed E-state index contributed by atoms with van der Waals surface area (Å²) in [5.41, 5.74) is 0.600. The third kappa shape index (κ3) is 6.72. The lowest BCUT2D eigenvalue weighted by Gasteiger charge is -2.18. The summed E-state index contributed by atoms with van der Waals surface area (Å²) < 4.78 is 25.2. The van der Waals surface area contributed by atoms with E-state index in [2.05, 4.69) is 10.6 Å². The SMILES string of the molecule is N#CCNC(=O)[C@@H](CS(=O)(=O)Cc1ccc(C(=O)O)cc1)NC(=O)c1ccccc1. The molecule has 156 valence electrons. The maximum Gasteiger partial charge on any atom is 0.335 e. The Bertz CT molecular complexity index is 1060. The molecule has 0 unspecified atom stereocenters. The predicted molar refractivity (Wildman–Crippen MR) is 107 cm³/mol. The summed E-state index contributed by atoms with van der Waals surface area (Å²) in [5.74, 6) is -3.71. The number of aromatic carboxylic acids is 1. The molecule has 2 aromatic rings. The van der Waals surface area contributed by atoms with Crippen LogP contribution in [0.25, 0.3) is 0 Å². The van der Waals surface area contributed by atoms with Crippen LogP contribution >= 0.6 is 0 Å². The standard InChI is InChI=1S/C20H19N3O6S/c21-10-11-22-19(25)17(23-18(24)15-4-2-1-3-5-15)13-30(28,29)12-14-6-8-16(9-7-14)20(26)27/h1-9,17H,11-13H2,(H,22,25)(H,23,24)(H,26,27)/t17-/m1/s1. The summed E-state index contributed by atoms with van der Waals surface area (Å²) in [6, 6.07) is 13.6. The van der Waals surface area contributed by atoms with Crippen molar-refractivity contribution in [2.75, 3.05) is 12.3 Å². The van der Waals surface area contributed by atoms with E-state index in [0.29, 0.717) is 5.56 Å². The molecule has 0 saturated carbocycles. The third-order valence-corrected chi connectivity index (χ3v) is 5.62. The lowest BCUT2D eigenvalue weighted by atomic mass is 10.1. The maximum atomic E-state index is 12.6. The fourth-order valence-electron chi connectivity index (χ4n) is 2.57. The van der Waals surface area contributed by atoms with Crippen molar-refractivity contribution in [3.8, 4) is 6.07 Å². The minimum Gasteiger partial charge on any atom is -0.478 e. The summed E-state index contributed by atoms with van der Waals surface area (Å²) in [4.78, 5) is 35.6. The van der Waals surface area contributed by atoms with Crippen LogP contribution < -0.4 is 10.6 Å². The number of nitriles is 1. The van der Waals surface area contributed by atoms with Crippen LogP contribution in [0.2, 0.25) is 0 Å². The number of amides is 2. The Morgan fingerprint density at radius 3 is 2.20 bits per heavy atom. The van der Waals surface area contributed by atoms with Crippen LogP contribution in [0.5, 0.6) is 0 Å². The highest BCUT2D eigenvalue weighted by molar-refractivity contribution is 7.90. The van der Waals surface area contributed by atoms with Crippen molar-refractivity contribution in [1.29, 1.82) is 5.26 Å². The van der Waals surface area contributed by atoms with Crippen molar-refractivity contribution in [2.24, 2.45) is 0 Å². The van der Waals surface area contributed by atoms with Gasteiger partial charge in [-0.25, -0.2) is 13.2 Å². The van der Waals surface area contributed by atoms with Gasteiger partial charge in [-0.1, -0.05) is 30.3 Å². The Hall–Kier alpha value is -3.71. The highest BCUT2D eigenvalue weighted by atomic mass is 32.2. The molecule has 0 radical (unpaired) electrons. The fraction of sp³-hybridized carbons (Fsp3) is 0.200. The Kier molecular flexibility index (Phi) is 7.66. The van der Waals surface area contributed by atoms with E-state index in [1.165, 1.54) is 36.4 Å². The number of carboxylic acids is 1. The molecule has 0 heterocycles. The van der Waals surface area contributed by atoms with Crippen molar-refractivity contribution < 1.29 is 27.9 Å². The van der Waals surface area contributed by atoms with E-state index < -0.39 is 45.2 Å². The second-order valence-corrected chi connectivity index (χ2v) is 8.43. The number of carboxylic acid groups (broad SMARTS) is 1. The molecule has 2 amide bonds. The molecule has 0 bridgehead atoms. The Balaban J connectivity index is 2.16. The number of nitrogens with one attached hydrogen (secondary N) is 2. The number of carbonyl (C=O) groups is 3. The van der Waals surface area contributed by atoms with Gasteiger partial charge in [-0.3, -0.25) is 9.59 Å². The average Bonchev–Trinajstić information content (AvgIpc) is 2.72. The number of nitrogens with zero attached hydrogens (tertiary/aromatic N) is 1. The number of rotatable bonds is 9. The zero-order chi connectivity index (χ0) is 22.1. The largest absolute Gasteiger partial charge is 0.478 e. The lowest BCUT2D eigenvalue weighted by Crippen LogP contribution is -2.50. The van der Waals surface area contributed by atoms with Crippen molar-refractivity contribution in [1.82, 2.24) is 10.6 Å². The first-order chi connectivity index (χ1) is 14.2. The third-order valence-electron chi connectivity index (χ3n) is 4.01. The number of carbonyl (C=O) groups excluding carboxylic acids is 2. The molecular weight excluding hydrogens is 410 g/mol. The van der Waals surface area contributed by atoms with Gasteiger partial charge in [0, 0.05) is 5.56 Å². The van der Waals surface area contributed by atoms with Gasteiger partial charge in [-0.15, -0.1) is 0 Å². The molecule has 3 N–H and O–H groups in total. The molecule has 9 nitrogen and oxygen atoms in total. The zero-order valence-corrected chi connectivity index (χ0v) is 16.6. The number of benzene rings is 2. The second-order valence-electron chi connectivity index (χ2n) is 6.32. The van der Waals surface area contributed by atoms with Crippen LogP contribution in [0.3, 0.4) is 0 Å². The van der Waals surface area contributed by atoms with Crippen molar-refractivity contribution >= 4 is 27.6 Å². The van der Waals surface area contributed by atoms with Crippen LogP contribution in [-0.2, 0) is 20.4 Å². The van der Waals surface area contributed by atoms with Gasteiger partial charge in [0.05, 0.1) is 23.1 Å². The Morgan fingerprint density at radius 1 is 1.00 bits per heavy atom. The monoisotopic (exact) mass is 429 g/mol. The van der Waals surface area contributed by atoms with Crippen LogP contribution in [0, 0.1) is 11.3 Å². The molecule has 0 fully saturated rings. The maximum absolute atomic E-state index is 12.6. The summed E-state index contributed by atoms with van der Waals surface area (Å²) in [6.07, 6.45) is 0. The first kappa shape index (κ1) is 22.6. The number of hydrogen-bond acceptors (Lipinski definition) is 6. The van der Waals surface area contributed by atoms with Gasteiger partial charge >= 0.3 is 5.97 Å². The molecule has 10 heteroatoms. The Morgan fingerprint density at radius 2 is 1.63 bits per heavy atom. The van der Waals surface area contributed by atoms with Crippen LogP contribution in [-0.4, -0.2) is 49.6 Å². The normalized spacial score (nSPS) is 11.7. The quantitative estimate of drug-likeness (QED) is 0.497. The molecule has 0 aliphatic rings. The first-order valence-corrected chi connectivity index (χ1v) is 10.6. The van der Waals surface area contributed by atoms with Crippen LogP contribution in [0.15, 0.2) is 54.6 Å². The van der Waals surface area contributed by atoms with E-state index >= 15 is 0 Å². The summed E-state index contributed by atoms with van der Waals surface area (Å²) in [5, 5.41) is 22.2. The van der Waals surface area contributed by atoms with Crippen molar-refractivity contribution in [3.63, 3.8) is 0 Å². The minimum absolute atomic E-state index is 0.0139. The minimum atomic E-state index is -3.87. The van der Waals surface area contributed by atoms with E-state index in [4.69, 9.17) is 10.4 Å². The van der Waals surface area contributed by atoms with Crippen molar-refractivity contribution in [3.05, 3.63) is 71.3 Å². The molecule has 0 aromatic heterocycles. The van der Waals surface area contributed by atoms with Gasteiger partial charge in [-0.2, -0.15) is 5.26 Å². The summed E-state index contributed by atoms with van der Waals surface area (Å²) in [6.45, 7) is -0.340. The molecule has 2 rings (SSSR count). The molecule has 0 aliphatic heterocycles. The van der Waals surface area contributed by atoms with Gasteiger partial charge in [0.1, 0.15) is 12.6 Å². The first-order valence-electron chi connectivity index (χ1n) is 8.75. The highest BCUT2D eigenvalue weighted by Crippen LogP contribution is 2.11. The van der Waals surface area contributed by atoms with Crippen LogP contribution in [0.4, 0.5) is 0 Å². The van der Waals surface area contributed by atoms with Gasteiger partial charge in [0.15, 0.2) is 9.84 Å². The van der Waals surface area contributed by atoms with Gasteiger partial charge in [0.2, 0.25) is 5.91 Å². The van der Waals surface area contributed by atoms with E-state index in [1.807, 2.05) is 0 Å². The van der Waals surface area contributed by atoms with E-state index in [9.17, 15) is 22.8 Å². The van der Waals surface area contributed by atoms with Gasteiger partial charge in [0.25, 0.3) is 5.91 Å². The zero-order valence-electron chi connectivity index (χ0n) is 15.7. The molecule has 0 spiro atoms. The summed E-state index contributed by atoms with van der Waals surface area (Å²) in [7, 11) is -3.87. The van der Waals surface area contributed by atoms with Gasteiger partial charge < -0.3 is 15.7 Å². The molecule has 0 saturated heterocycles. The molecule has 1 atom stereocenters. The van der Waals surface area contributed by atoms with E-state index in [1.54, 1.807) is 24.3 Å². The topological polar surface area (TPSA) is 153 Å². The van der Waals surface area contributed by atoms with Gasteiger partial charge in [-0.05, 0) is 29.8 Å². The van der Waals surface area contributed by atoms with Crippen molar-refractivity contribution in [2.45, 2.75) is 11.8 Å². The molecular formula is C20H19N3O6S. The average molecular weight is 429 g/mol. The molecule has 30 heavy (non-hydrogen) atoms.